The Hall–Kier alpha value is -1.03. The highest BCUT2D eigenvalue weighted by Gasteiger charge is 1.98. The van der Waals surface area contributed by atoms with Gasteiger partial charge in [-0.25, -0.2) is 4.98 Å². The maximum atomic E-state index is 5.68. The molecule has 2 N–H and O–H groups in total. The lowest BCUT2D eigenvalue weighted by molar-refractivity contribution is 1.14. The number of nitrogens with zero attached hydrogens (tertiary/aromatic N) is 2. The van der Waals surface area contributed by atoms with Crippen molar-refractivity contribution in [2.24, 2.45) is 0 Å². The van der Waals surface area contributed by atoms with Gasteiger partial charge in [0, 0.05) is 20.2 Å². The third-order valence-corrected chi connectivity index (χ3v) is 1.37. The van der Waals surface area contributed by atoms with Gasteiger partial charge in [0.1, 0.15) is 11.0 Å². The quantitative estimate of drug-likeness (QED) is 0.659. The molecule has 0 unspecified atom stereocenters. The van der Waals surface area contributed by atoms with E-state index in [1.807, 2.05) is 0 Å². The Morgan fingerprint density at radius 2 is 2.00 bits per heavy atom. The van der Waals surface area contributed by atoms with E-state index < -0.39 is 0 Å². The Morgan fingerprint density at radius 1 is 1.27 bits per heavy atom. The average Bonchev–Trinajstić information content (AvgIpc) is 2.03. The van der Waals surface area contributed by atoms with E-state index in [4.69, 9.17) is 11.6 Å². The van der Waals surface area contributed by atoms with Crippen LogP contribution in [0, 0.1) is 0 Å². The predicted octanol–water partition coefficient (Wildman–Crippen LogP) is 1.21. The van der Waals surface area contributed by atoms with E-state index in [1.165, 1.54) is 0 Å². The van der Waals surface area contributed by atoms with Crippen LogP contribution in [0.5, 0.6) is 0 Å². The second-order valence-corrected chi connectivity index (χ2v) is 2.29. The van der Waals surface area contributed by atoms with Crippen molar-refractivity contribution in [2.45, 2.75) is 0 Å². The Bertz CT molecular complexity index is 228. The third-order valence-electron chi connectivity index (χ3n) is 1.17. The molecule has 0 bridgehead atoms. The molecule has 0 aromatic carbocycles. The zero-order valence-corrected chi connectivity index (χ0v) is 7.11. The highest BCUT2D eigenvalue weighted by Crippen LogP contribution is 2.12. The molecule has 0 saturated heterocycles. The van der Waals surface area contributed by atoms with Crippen LogP contribution in [0.15, 0.2) is 6.07 Å². The first-order valence-electron chi connectivity index (χ1n) is 3.16. The van der Waals surface area contributed by atoms with Gasteiger partial charge in [-0.3, -0.25) is 0 Å². The summed E-state index contributed by atoms with van der Waals surface area (Å²) in [6, 6.07) is 1.66. The fraction of sp³-hybridized carbons (Fsp3) is 0.333. The van der Waals surface area contributed by atoms with E-state index in [9.17, 15) is 0 Å². The minimum atomic E-state index is 0.425. The number of halogens is 1. The van der Waals surface area contributed by atoms with Crippen LogP contribution in [0.4, 0.5) is 11.8 Å². The number of nitrogens with one attached hydrogen (secondary N) is 2. The van der Waals surface area contributed by atoms with Crippen LogP contribution in [-0.2, 0) is 0 Å². The first-order chi connectivity index (χ1) is 5.26. The molecular formula is C6H9ClN4. The van der Waals surface area contributed by atoms with Gasteiger partial charge in [-0.2, -0.15) is 4.98 Å². The molecule has 0 radical (unpaired) electrons. The number of anilines is 2. The molecule has 1 aromatic heterocycles. The van der Waals surface area contributed by atoms with Gasteiger partial charge in [0.15, 0.2) is 0 Å². The molecule has 0 aliphatic carbocycles. The molecule has 1 rings (SSSR count). The summed E-state index contributed by atoms with van der Waals surface area (Å²) in [5.41, 5.74) is 0. The molecular weight excluding hydrogens is 164 g/mol. The van der Waals surface area contributed by atoms with Crippen molar-refractivity contribution in [1.29, 1.82) is 0 Å². The fourth-order valence-corrected chi connectivity index (χ4v) is 0.841. The smallest absolute Gasteiger partial charge is 0.225 e. The Balaban J connectivity index is 3.02. The van der Waals surface area contributed by atoms with E-state index in [-0.39, 0.29) is 0 Å². The summed E-state index contributed by atoms with van der Waals surface area (Å²) >= 11 is 5.68. The molecule has 5 heteroatoms. The van der Waals surface area contributed by atoms with Crippen molar-refractivity contribution in [3.05, 3.63) is 11.2 Å². The third kappa shape index (κ3) is 1.94. The standard InChI is InChI=1S/C6H9ClN4/c1-8-5-3-4(7)10-6(9-2)11-5/h3H,1-2H3,(H2,8,9,10,11). The molecule has 1 heterocycles. The van der Waals surface area contributed by atoms with Crippen molar-refractivity contribution in [2.75, 3.05) is 24.7 Å². The lowest BCUT2D eigenvalue weighted by Gasteiger charge is -2.02. The van der Waals surface area contributed by atoms with Crippen molar-refractivity contribution < 1.29 is 0 Å². The molecule has 0 fully saturated rings. The molecule has 0 atom stereocenters. The second-order valence-electron chi connectivity index (χ2n) is 1.90. The van der Waals surface area contributed by atoms with Crippen LogP contribution in [0.1, 0.15) is 0 Å². The summed E-state index contributed by atoms with van der Waals surface area (Å²) < 4.78 is 0. The van der Waals surface area contributed by atoms with Crippen molar-refractivity contribution in [3.63, 3.8) is 0 Å². The summed E-state index contributed by atoms with van der Waals surface area (Å²) in [5, 5.41) is 6.09. The predicted molar refractivity (Wildman–Crippen MR) is 46.1 cm³/mol. The molecule has 4 nitrogen and oxygen atoms in total. The molecule has 1 aromatic rings. The number of hydrogen-bond acceptors (Lipinski definition) is 4. The molecule has 0 aliphatic rings. The summed E-state index contributed by atoms with van der Waals surface area (Å²) in [6.07, 6.45) is 0. The maximum Gasteiger partial charge on any atom is 0.225 e. The number of hydrogen-bond donors (Lipinski definition) is 2. The van der Waals surface area contributed by atoms with Gasteiger partial charge in [0.05, 0.1) is 0 Å². The minimum absolute atomic E-state index is 0.425. The van der Waals surface area contributed by atoms with Gasteiger partial charge in [-0.05, 0) is 0 Å². The Labute approximate surface area is 70.0 Å². The molecule has 60 valence electrons. The van der Waals surface area contributed by atoms with Crippen molar-refractivity contribution in [1.82, 2.24) is 9.97 Å². The average molecular weight is 173 g/mol. The van der Waals surface area contributed by atoms with Crippen molar-refractivity contribution >= 4 is 23.4 Å². The molecule has 11 heavy (non-hydrogen) atoms. The Kier molecular flexibility index (Phi) is 2.48. The van der Waals surface area contributed by atoms with Gasteiger partial charge < -0.3 is 10.6 Å². The fourth-order valence-electron chi connectivity index (χ4n) is 0.658. The van der Waals surface area contributed by atoms with Crippen LogP contribution in [0.25, 0.3) is 0 Å². The van der Waals surface area contributed by atoms with E-state index >= 15 is 0 Å². The van der Waals surface area contributed by atoms with E-state index in [2.05, 4.69) is 20.6 Å². The van der Waals surface area contributed by atoms with E-state index in [0.717, 1.165) is 0 Å². The topological polar surface area (TPSA) is 49.8 Å². The highest BCUT2D eigenvalue weighted by atomic mass is 35.5. The summed E-state index contributed by atoms with van der Waals surface area (Å²) in [4.78, 5) is 7.96. The molecule has 0 spiro atoms. The van der Waals surface area contributed by atoms with Gasteiger partial charge in [0.2, 0.25) is 5.95 Å². The van der Waals surface area contributed by atoms with Crippen LogP contribution in [-0.4, -0.2) is 24.1 Å². The zero-order chi connectivity index (χ0) is 8.27. The van der Waals surface area contributed by atoms with E-state index in [1.54, 1.807) is 20.2 Å². The largest absolute Gasteiger partial charge is 0.373 e. The summed E-state index contributed by atoms with van der Waals surface area (Å²) in [5.74, 6) is 1.22. The van der Waals surface area contributed by atoms with Gasteiger partial charge in [0.25, 0.3) is 0 Å². The lowest BCUT2D eigenvalue weighted by Crippen LogP contribution is -2.00. The maximum absolute atomic E-state index is 5.68. The van der Waals surface area contributed by atoms with Crippen LogP contribution < -0.4 is 10.6 Å². The summed E-state index contributed by atoms with van der Waals surface area (Å²) in [7, 11) is 3.52. The van der Waals surface area contributed by atoms with Crippen LogP contribution in [0.3, 0.4) is 0 Å². The SMILES string of the molecule is CNc1cc(Cl)nc(NC)n1. The Morgan fingerprint density at radius 3 is 2.55 bits per heavy atom. The normalized spacial score (nSPS) is 9.36. The zero-order valence-electron chi connectivity index (χ0n) is 6.35. The van der Waals surface area contributed by atoms with Gasteiger partial charge in [-0.1, -0.05) is 11.6 Å². The lowest BCUT2D eigenvalue weighted by atomic mass is 10.6. The first-order valence-corrected chi connectivity index (χ1v) is 3.54. The van der Waals surface area contributed by atoms with Gasteiger partial charge >= 0.3 is 0 Å². The highest BCUT2D eigenvalue weighted by molar-refractivity contribution is 6.29. The summed E-state index contributed by atoms with van der Waals surface area (Å²) in [6.45, 7) is 0. The van der Waals surface area contributed by atoms with Crippen LogP contribution in [0.2, 0.25) is 5.15 Å². The first kappa shape index (κ1) is 8.07. The minimum Gasteiger partial charge on any atom is -0.373 e. The molecule has 0 aliphatic heterocycles. The van der Waals surface area contributed by atoms with Gasteiger partial charge in [-0.15, -0.1) is 0 Å². The second kappa shape index (κ2) is 3.39. The number of aromatic nitrogens is 2. The number of rotatable bonds is 2. The monoisotopic (exact) mass is 172 g/mol. The molecule has 0 saturated carbocycles. The van der Waals surface area contributed by atoms with Crippen molar-refractivity contribution in [3.8, 4) is 0 Å². The van der Waals surface area contributed by atoms with E-state index in [0.29, 0.717) is 16.9 Å². The van der Waals surface area contributed by atoms with Crippen LogP contribution >= 0.6 is 11.6 Å². The molecule has 0 amide bonds.